The molecule has 0 fully saturated rings. The number of hydrogen-bond donors (Lipinski definition) is 2. The van der Waals surface area contributed by atoms with Crippen LogP contribution in [0.25, 0.3) is 0 Å². The summed E-state index contributed by atoms with van der Waals surface area (Å²) in [4.78, 5) is -0.735. The van der Waals surface area contributed by atoms with Crippen LogP contribution in [0.5, 0.6) is 5.75 Å². The van der Waals surface area contributed by atoms with E-state index < -0.39 is 30.1 Å². The highest BCUT2D eigenvalue weighted by atomic mass is 32.2. The Morgan fingerprint density at radius 3 is 2.03 bits per heavy atom. The Bertz CT molecular complexity index is 1240. The van der Waals surface area contributed by atoms with Crippen molar-refractivity contribution in [1.29, 1.82) is 0 Å². The van der Waals surface area contributed by atoms with Crippen molar-refractivity contribution < 1.29 is 30.0 Å². The van der Waals surface area contributed by atoms with Crippen LogP contribution < -0.4 is 14.2 Å². The highest BCUT2D eigenvalue weighted by Gasteiger charge is 2.25. The Kier molecular flexibility index (Phi) is 7.14. The van der Waals surface area contributed by atoms with Gasteiger partial charge in [-0.2, -0.15) is 0 Å². The molecule has 0 saturated heterocycles. The molecule has 0 atom stereocenters. The van der Waals surface area contributed by atoms with Gasteiger partial charge in [0.15, 0.2) is 0 Å². The summed E-state index contributed by atoms with van der Waals surface area (Å²) < 4.78 is 85.3. The Hall–Kier alpha value is -2.19. The van der Waals surface area contributed by atoms with Gasteiger partial charge in [0.1, 0.15) is 10.6 Å². The van der Waals surface area contributed by atoms with Gasteiger partial charge in [-0.15, -0.1) is 0 Å². The molecule has 0 aliphatic heterocycles. The van der Waals surface area contributed by atoms with Crippen molar-refractivity contribution in [3.63, 3.8) is 0 Å². The van der Waals surface area contributed by atoms with E-state index in [0.29, 0.717) is 0 Å². The van der Waals surface area contributed by atoms with Gasteiger partial charge in [-0.05, 0) is 50.4 Å². The molecule has 0 radical (unpaired) electrons. The van der Waals surface area contributed by atoms with Crippen LogP contribution in [0.3, 0.4) is 0 Å². The standard InChI is InChI=1S/C17H23N3O7S3/c1-5-27-16-10-9-13(11-17(16)30(25,26)20(3)4)19-29(23,24)15-8-6-7-14(12-15)28(21,22)18-2/h6-12,18-19H,5H2,1-4H3. The van der Waals surface area contributed by atoms with E-state index in [1.165, 1.54) is 51.5 Å². The quantitative estimate of drug-likeness (QED) is 0.550. The Morgan fingerprint density at radius 1 is 0.900 bits per heavy atom. The molecule has 0 aliphatic rings. The van der Waals surface area contributed by atoms with Crippen molar-refractivity contribution in [3.8, 4) is 5.75 Å². The maximum atomic E-state index is 12.8. The lowest BCUT2D eigenvalue weighted by molar-refractivity contribution is 0.330. The number of rotatable bonds is 9. The molecule has 0 saturated carbocycles. The lowest BCUT2D eigenvalue weighted by Crippen LogP contribution is -2.23. The normalized spacial score (nSPS) is 12.7. The Balaban J connectivity index is 2.51. The molecule has 2 aromatic carbocycles. The lowest BCUT2D eigenvalue weighted by atomic mass is 10.3. The third kappa shape index (κ3) is 5.10. The van der Waals surface area contributed by atoms with Crippen LogP contribution in [0.1, 0.15) is 6.92 Å². The molecule has 0 heterocycles. The second-order valence-corrected chi connectivity index (χ2v) is 11.9. The number of anilines is 1. The molecular formula is C17H23N3O7S3. The van der Waals surface area contributed by atoms with Crippen molar-refractivity contribution in [2.45, 2.75) is 21.6 Å². The van der Waals surface area contributed by atoms with Gasteiger partial charge in [-0.1, -0.05) is 6.07 Å². The van der Waals surface area contributed by atoms with E-state index in [9.17, 15) is 25.3 Å². The Labute approximate surface area is 177 Å². The fourth-order valence-electron chi connectivity index (χ4n) is 2.39. The number of nitrogens with one attached hydrogen (secondary N) is 2. The maximum absolute atomic E-state index is 12.8. The SMILES string of the molecule is CCOc1ccc(NS(=O)(=O)c2cccc(S(=O)(=O)NC)c2)cc1S(=O)(=O)N(C)C. The maximum Gasteiger partial charge on any atom is 0.261 e. The van der Waals surface area contributed by atoms with Gasteiger partial charge in [-0.25, -0.2) is 34.3 Å². The van der Waals surface area contributed by atoms with Crippen molar-refractivity contribution in [2.24, 2.45) is 0 Å². The largest absolute Gasteiger partial charge is 0.492 e. The second-order valence-electron chi connectivity index (χ2n) is 6.17. The monoisotopic (exact) mass is 477 g/mol. The van der Waals surface area contributed by atoms with Gasteiger partial charge >= 0.3 is 0 Å². The lowest BCUT2D eigenvalue weighted by Gasteiger charge is -2.17. The summed E-state index contributed by atoms with van der Waals surface area (Å²) in [5.41, 5.74) is -0.0271. The molecular weight excluding hydrogens is 454 g/mol. The van der Waals surface area contributed by atoms with Crippen LogP contribution >= 0.6 is 0 Å². The smallest absolute Gasteiger partial charge is 0.261 e. The fraction of sp³-hybridized carbons (Fsp3) is 0.294. The molecule has 10 nitrogen and oxygen atoms in total. The zero-order valence-electron chi connectivity index (χ0n) is 16.8. The topological polar surface area (TPSA) is 139 Å². The van der Waals surface area contributed by atoms with E-state index in [-0.39, 0.29) is 32.7 Å². The summed E-state index contributed by atoms with van der Waals surface area (Å²) in [5.74, 6) is 0.0799. The van der Waals surface area contributed by atoms with Crippen molar-refractivity contribution in [3.05, 3.63) is 42.5 Å². The van der Waals surface area contributed by atoms with E-state index in [0.717, 1.165) is 16.4 Å². The van der Waals surface area contributed by atoms with E-state index in [2.05, 4.69) is 9.44 Å². The number of sulfonamides is 3. The van der Waals surface area contributed by atoms with E-state index in [1.54, 1.807) is 6.92 Å². The molecule has 13 heteroatoms. The third-order valence-electron chi connectivity index (χ3n) is 3.95. The minimum atomic E-state index is -4.20. The first-order valence-electron chi connectivity index (χ1n) is 8.61. The van der Waals surface area contributed by atoms with E-state index >= 15 is 0 Å². The highest BCUT2D eigenvalue weighted by Crippen LogP contribution is 2.30. The molecule has 2 rings (SSSR count). The number of hydrogen-bond acceptors (Lipinski definition) is 7. The molecule has 0 spiro atoms. The van der Waals surface area contributed by atoms with E-state index in [4.69, 9.17) is 4.74 Å². The predicted octanol–water partition coefficient (Wildman–Crippen LogP) is 1.04. The van der Waals surface area contributed by atoms with Gasteiger partial charge in [0.25, 0.3) is 10.0 Å². The molecule has 0 aliphatic carbocycles. The minimum Gasteiger partial charge on any atom is -0.492 e. The molecule has 2 aromatic rings. The third-order valence-corrected chi connectivity index (χ3v) is 8.58. The average Bonchev–Trinajstić information content (AvgIpc) is 2.69. The van der Waals surface area contributed by atoms with Crippen LogP contribution in [0.2, 0.25) is 0 Å². The zero-order chi connectivity index (χ0) is 22.7. The summed E-state index contributed by atoms with van der Waals surface area (Å²) in [5, 5.41) is 0. The fourth-order valence-corrected chi connectivity index (χ4v) is 5.38. The predicted molar refractivity (Wildman–Crippen MR) is 112 cm³/mol. The van der Waals surface area contributed by atoms with Gasteiger partial charge in [-0.3, -0.25) is 4.72 Å². The highest BCUT2D eigenvalue weighted by molar-refractivity contribution is 7.93. The molecule has 166 valence electrons. The first kappa shape index (κ1) is 24.1. The Morgan fingerprint density at radius 2 is 1.50 bits per heavy atom. The van der Waals surface area contributed by atoms with Crippen LogP contribution in [0.15, 0.2) is 57.2 Å². The van der Waals surface area contributed by atoms with Gasteiger partial charge in [0.2, 0.25) is 20.0 Å². The van der Waals surface area contributed by atoms with Gasteiger partial charge in [0, 0.05) is 14.1 Å². The van der Waals surface area contributed by atoms with Crippen molar-refractivity contribution in [2.75, 3.05) is 32.5 Å². The first-order valence-corrected chi connectivity index (χ1v) is 13.0. The summed E-state index contributed by atoms with van der Waals surface area (Å²) >= 11 is 0. The van der Waals surface area contributed by atoms with Gasteiger partial charge in [0.05, 0.1) is 22.1 Å². The van der Waals surface area contributed by atoms with Crippen LogP contribution in [-0.2, 0) is 30.1 Å². The summed E-state index contributed by atoms with van der Waals surface area (Å²) in [6, 6.07) is 8.61. The van der Waals surface area contributed by atoms with Gasteiger partial charge < -0.3 is 4.74 Å². The van der Waals surface area contributed by atoms with Crippen LogP contribution in [0.4, 0.5) is 5.69 Å². The summed E-state index contributed by atoms with van der Waals surface area (Å²) in [6.07, 6.45) is 0. The molecule has 30 heavy (non-hydrogen) atoms. The molecule has 0 bridgehead atoms. The first-order chi connectivity index (χ1) is 13.8. The number of ether oxygens (including phenoxy) is 1. The second kappa shape index (κ2) is 8.89. The van der Waals surface area contributed by atoms with Crippen LogP contribution in [-0.4, -0.2) is 57.3 Å². The summed E-state index contributed by atoms with van der Waals surface area (Å²) in [6.45, 7) is 1.91. The number of nitrogens with zero attached hydrogens (tertiary/aromatic N) is 1. The average molecular weight is 478 g/mol. The van der Waals surface area contributed by atoms with E-state index in [1.807, 2.05) is 0 Å². The minimum absolute atomic E-state index is 0.0271. The molecule has 0 amide bonds. The van der Waals surface area contributed by atoms with Crippen molar-refractivity contribution in [1.82, 2.24) is 9.03 Å². The molecule has 0 aromatic heterocycles. The molecule has 2 N–H and O–H groups in total. The number of benzene rings is 2. The van der Waals surface area contributed by atoms with Crippen LogP contribution in [0, 0.1) is 0 Å². The summed E-state index contributed by atoms with van der Waals surface area (Å²) in [7, 11) is -8.07. The zero-order valence-corrected chi connectivity index (χ0v) is 19.2. The molecule has 0 unspecified atom stereocenters. The van der Waals surface area contributed by atoms with Crippen molar-refractivity contribution >= 4 is 35.8 Å².